The molecule has 182 valence electrons. The molecule has 4 rings (SSSR count). The van der Waals surface area contributed by atoms with Gasteiger partial charge in [-0.3, -0.25) is 0 Å². The molecule has 8 heteroatoms. The van der Waals surface area contributed by atoms with Crippen LogP contribution in [-0.2, 0) is 27.7 Å². The summed E-state index contributed by atoms with van der Waals surface area (Å²) < 4.78 is 53.3. The Morgan fingerprint density at radius 1 is 1.00 bits per heavy atom. The summed E-state index contributed by atoms with van der Waals surface area (Å²) in [5.74, 6) is -0.969. The fraction of sp³-hybridized carbons (Fsp3) is 0.222. The van der Waals surface area contributed by atoms with E-state index >= 15 is 0 Å². The van der Waals surface area contributed by atoms with Crippen LogP contribution in [0.1, 0.15) is 34.2 Å². The third-order valence-electron chi connectivity index (χ3n) is 5.75. The largest absolute Gasteiger partial charge is 0.460 e. The third-order valence-corrected chi connectivity index (χ3v) is 7.59. The molecule has 3 aromatic carbocycles. The fourth-order valence-corrected chi connectivity index (χ4v) is 5.38. The number of carbonyl (C=O) groups is 1. The van der Waals surface area contributed by atoms with E-state index < -0.39 is 21.8 Å². The number of esters is 1. The molecule has 0 radical (unpaired) electrons. The van der Waals surface area contributed by atoms with Crippen LogP contribution in [-0.4, -0.2) is 31.8 Å². The molecule has 0 aliphatic carbocycles. The Hall–Kier alpha value is -3.49. The molecule has 0 saturated heterocycles. The molecule has 0 aliphatic heterocycles. The first-order valence-corrected chi connectivity index (χ1v) is 12.7. The van der Waals surface area contributed by atoms with Crippen LogP contribution in [0.5, 0.6) is 0 Å². The molecular weight excluding hydrogens is 469 g/mol. The molecule has 4 aromatic rings. The van der Waals surface area contributed by atoms with Gasteiger partial charge in [0.1, 0.15) is 11.4 Å². The Balaban J connectivity index is 1.70. The topological polar surface area (TPSA) is 76.8 Å². The standard InChI is InChI=1S/C27H26FNO5S/c1-3-33-27(30)26-19(2)24-17-23(12-13-25(24)34-26)35(31,32)29(15-14-20-8-5-4-6-9-20)18-21-10-7-11-22(28)16-21/h4-13,16-17H,3,14-15,18H2,1-2H3. The Morgan fingerprint density at radius 2 is 1.74 bits per heavy atom. The van der Waals surface area contributed by atoms with E-state index in [0.29, 0.717) is 28.5 Å². The van der Waals surface area contributed by atoms with E-state index in [4.69, 9.17) is 9.15 Å². The number of nitrogens with zero attached hydrogens (tertiary/aromatic N) is 1. The molecule has 0 amide bonds. The van der Waals surface area contributed by atoms with Gasteiger partial charge in [0.2, 0.25) is 15.8 Å². The van der Waals surface area contributed by atoms with Crippen molar-refractivity contribution in [3.8, 4) is 0 Å². The summed E-state index contributed by atoms with van der Waals surface area (Å²) in [6, 6.07) is 20.0. The first kappa shape index (κ1) is 24.6. The first-order valence-electron chi connectivity index (χ1n) is 11.3. The highest BCUT2D eigenvalue weighted by atomic mass is 32.2. The summed E-state index contributed by atoms with van der Waals surface area (Å²) in [7, 11) is -3.96. The fourth-order valence-electron chi connectivity index (χ4n) is 3.92. The zero-order valence-corrected chi connectivity index (χ0v) is 20.3. The Morgan fingerprint density at radius 3 is 2.46 bits per heavy atom. The van der Waals surface area contributed by atoms with E-state index in [0.717, 1.165) is 5.56 Å². The van der Waals surface area contributed by atoms with Gasteiger partial charge in [-0.05, 0) is 61.7 Å². The van der Waals surface area contributed by atoms with Gasteiger partial charge >= 0.3 is 5.97 Å². The Bertz CT molecular complexity index is 1450. The van der Waals surface area contributed by atoms with Gasteiger partial charge in [-0.25, -0.2) is 17.6 Å². The number of fused-ring (bicyclic) bond motifs is 1. The smallest absolute Gasteiger partial charge is 0.374 e. The molecule has 0 bridgehead atoms. The number of sulfonamides is 1. The second-order valence-electron chi connectivity index (χ2n) is 8.14. The van der Waals surface area contributed by atoms with Gasteiger partial charge in [0.25, 0.3) is 0 Å². The minimum absolute atomic E-state index is 0.0173. The maximum absolute atomic E-state index is 13.8. The zero-order chi connectivity index (χ0) is 25.0. The highest BCUT2D eigenvalue weighted by Gasteiger charge is 2.27. The van der Waals surface area contributed by atoms with Crippen LogP contribution in [0.2, 0.25) is 0 Å². The van der Waals surface area contributed by atoms with E-state index in [2.05, 4.69) is 0 Å². The van der Waals surface area contributed by atoms with Gasteiger partial charge in [-0.1, -0.05) is 42.5 Å². The molecule has 35 heavy (non-hydrogen) atoms. The number of hydrogen-bond acceptors (Lipinski definition) is 5. The van der Waals surface area contributed by atoms with Crippen LogP contribution in [0, 0.1) is 12.7 Å². The maximum atomic E-state index is 13.8. The van der Waals surface area contributed by atoms with Crippen molar-refractivity contribution < 1.29 is 26.8 Å². The lowest BCUT2D eigenvalue weighted by Crippen LogP contribution is -2.32. The average molecular weight is 496 g/mol. The van der Waals surface area contributed by atoms with Crippen LogP contribution in [0.25, 0.3) is 11.0 Å². The Kier molecular flexibility index (Phi) is 7.33. The van der Waals surface area contributed by atoms with Crippen LogP contribution in [0.4, 0.5) is 4.39 Å². The number of furan rings is 1. The van der Waals surface area contributed by atoms with Crippen molar-refractivity contribution in [2.45, 2.75) is 31.7 Å². The maximum Gasteiger partial charge on any atom is 0.374 e. The summed E-state index contributed by atoms with van der Waals surface area (Å²) >= 11 is 0. The van der Waals surface area contributed by atoms with E-state index in [-0.39, 0.29) is 30.4 Å². The van der Waals surface area contributed by atoms with E-state index in [1.807, 2.05) is 30.3 Å². The monoisotopic (exact) mass is 495 g/mol. The number of carbonyl (C=O) groups excluding carboxylic acids is 1. The van der Waals surface area contributed by atoms with Crippen LogP contribution >= 0.6 is 0 Å². The van der Waals surface area contributed by atoms with Gasteiger partial charge in [0, 0.05) is 24.0 Å². The summed E-state index contributed by atoms with van der Waals surface area (Å²) in [5.41, 5.74) is 2.45. The summed E-state index contributed by atoms with van der Waals surface area (Å²) in [6.07, 6.45) is 0.495. The van der Waals surface area contributed by atoms with E-state index in [1.54, 1.807) is 26.0 Å². The van der Waals surface area contributed by atoms with Gasteiger partial charge in [-0.15, -0.1) is 0 Å². The molecule has 0 aliphatic rings. The first-order chi connectivity index (χ1) is 16.8. The van der Waals surface area contributed by atoms with Gasteiger partial charge in [0.15, 0.2) is 0 Å². The predicted octanol–water partition coefficient (Wildman–Crippen LogP) is 5.49. The number of aryl methyl sites for hydroxylation is 1. The molecular formula is C27H26FNO5S. The SMILES string of the molecule is CCOC(=O)c1oc2ccc(S(=O)(=O)N(CCc3ccccc3)Cc3cccc(F)c3)cc2c1C. The molecule has 0 fully saturated rings. The van der Waals surface area contributed by atoms with Gasteiger partial charge in [-0.2, -0.15) is 4.31 Å². The van der Waals surface area contributed by atoms with Crippen molar-refractivity contribution in [1.82, 2.24) is 4.31 Å². The minimum atomic E-state index is -3.96. The molecule has 0 N–H and O–H groups in total. The van der Waals surface area contributed by atoms with Crippen molar-refractivity contribution in [1.29, 1.82) is 0 Å². The lowest BCUT2D eigenvalue weighted by Gasteiger charge is -2.22. The molecule has 1 aromatic heterocycles. The van der Waals surface area contributed by atoms with Crippen LogP contribution in [0.3, 0.4) is 0 Å². The lowest BCUT2D eigenvalue weighted by molar-refractivity contribution is 0.0491. The second kappa shape index (κ2) is 10.4. The normalized spacial score (nSPS) is 11.8. The average Bonchev–Trinajstić information content (AvgIpc) is 3.18. The van der Waals surface area contributed by atoms with Gasteiger partial charge in [0.05, 0.1) is 11.5 Å². The van der Waals surface area contributed by atoms with Crippen LogP contribution < -0.4 is 0 Å². The van der Waals surface area contributed by atoms with Crippen molar-refractivity contribution in [3.63, 3.8) is 0 Å². The van der Waals surface area contributed by atoms with Crippen molar-refractivity contribution in [2.24, 2.45) is 0 Å². The highest BCUT2D eigenvalue weighted by Crippen LogP contribution is 2.30. The summed E-state index contributed by atoms with van der Waals surface area (Å²) in [6.45, 7) is 3.81. The second-order valence-corrected chi connectivity index (χ2v) is 10.1. The molecule has 0 spiro atoms. The number of benzene rings is 3. The van der Waals surface area contributed by atoms with Crippen LogP contribution in [0.15, 0.2) is 82.1 Å². The molecule has 0 unspecified atom stereocenters. The van der Waals surface area contributed by atoms with E-state index in [1.165, 1.54) is 34.6 Å². The summed E-state index contributed by atoms with van der Waals surface area (Å²) in [4.78, 5) is 12.3. The lowest BCUT2D eigenvalue weighted by atomic mass is 10.1. The highest BCUT2D eigenvalue weighted by molar-refractivity contribution is 7.89. The molecule has 6 nitrogen and oxygen atoms in total. The van der Waals surface area contributed by atoms with Gasteiger partial charge < -0.3 is 9.15 Å². The minimum Gasteiger partial charge on any atom is -0.460 e. The Labute approximate surface area is 204 Å². The number of rotatable bonds is 9. The predicted molar refractivity (Wildman–Crippen MR) is 131 cm³/mol. The van der Waals surface area contributed by atoms with E-state index in [9.17, 15) is 17.6 Å². The summed E-state index contributed by atoms with van der Waals surface area (Å²) in [5, 5.41) is 0.517. The number of hydrogen-bond donors (Lipinski definition) is 0. The van der Waals surface area contributed by atoms with Crippen molar-refractivity contribution in [2.75, 3.05) is 13.2 Å². The molecule has 0 atom stereocenters. The zero-order valence-electron chi connectivity index (χ0n) is 19.5. The number of ether oxygens (including phenoxy) is 1. The van der Waals surface area contributed by atoms with Crippen molar-refractivity contribution >= 4 is 27.0 Å². The quantitative estimate of drug-likeness (QED) is 0.287. The number of halogens is 1. The van der Waals surface area contributed by atoms with Crippen molar-refractivity contribution in [3.05, 3.63) is 101 Å². The third kappa shape index (κ3) is 5.44. The molecule has 0 saturated carbocycles. The molecule has 1 heterocycles.